The second-order valence-corrected chi connectivity index (χ2v) is 11.7. The molecule has 2 amide bonds. The summed E-state index contributed by atoms with van der Waals surface area (Å²) < 4.78 is 1.74. The van der Waals surface area contributed by atoms with Gasteiger partial charge in [0.05, 0.1) is 30.5 Å². The number of carbonyl (C=O) groups excluding carboxylic acids is 2. The van der Waals surface area contributed by atoms with Crippen LogP contribution in [0.2, 0.25) is 0 Å². The number of rotatable bonds is 13. The lowest BCUT2D eigenvalue weighted by molar-refractivity contribution is -0.139. The normalized spacial score (nSPS) is 17.1. The fraction of sp³-hybridized carbons (Fsp3) is 0.211. The molecule has 0 fully saturated rings. The second-order valence-electron chi connectivity index (χ2n) is 11.7. The maximum atomic E-state index is 14.0. The lowest BCUT2D eigenvalue weighted by atomic mass is 9.83. The number of allylic oxidation sites excluding steroid dienone is 1. The van der Waals surface area contributed by atoms with Crippen LogP contribution in [0.5, 0.6) is 0 Å². The standard InChI is InChI=1S/C38H37N5O4/c1-28(13-10-11-22-41-25-35(39-40-41)33(26-44)30-15-4-2-5-16-30)38(47)34-20-8-9-21-36(34)42(37(38)46)24-29-14-12-19-32(23-29)43(27-45)31-17-6-3-7-18-31/h2-10,12-21,23,25,27-28,33,44,47H,11,22,24,26H2,1H3/b13-10+/t28-,33?,38+/m1/s1. The first-order chi connectivity index (χ1) is 22.9. The summed E-state index contributed by atoms with van der Waals surface area (Å²) in [7, 11) is 0. The molecule has 9 nitrogen and oxygen atoms in total. The van der Waals surface area contributed by atoms with Gasteiger partial charge in [-0.15, -0.1) is 5.10 Å². The van der Waals surface area contributed by atoms with E-state index in [0.29, 0.717) is 35.6 Å². The number of hydrogen-bond donors (Lipinski definition) is 2. The number of aromatic nitrogens is 3. The molecule has 0 saturated heterocycles. The summed E-state index contributed by atoms with van der Waals surface area (Å²) in [6.45, 7) is 2.56. The Kier molecular flexibility index (Phi) is 9.37. The Morgan fingerprint density at radius 2 is 1.62 bits per heavy atom. The van der Waals surface area contributed by atoms with E-state index in [1.165, 1.54) is 0 Å². The lowest BCUT2D eigenvalue weighted by Crippen LogP contribution is -2.44. The minimum atomic E-state index is -1.74. The van der Waals surface area contributed by atoms with Crippen molar-refractivity contribution < 1.29 is 19.8 Å². The molecule has 1 aliphatic heterocycles. The van der Waals surface area contributed by atoms with Crippen LogP contribution in [-0.4, -0.2) is 44.1 Å². The van der Waals surface area contributed by atoms with Crippen LogP contribution in [0.1, 0.15) is 41.6 Å². The van der Waals surface area contributed by atoms with Gasteiger partial charge in [0, 0.05) is 35.6 Å². The van der Waals surface area contributed by atoms with Crippen LogP contribution in [0.4, 0.5) is 17.1 Å². The summed E-state index contributed by atoms with van der Waals surface area (Å²) in [5.41, 5.74) is 3.40. The molecule has 2 N–H and O–H groups in total. The fourth-order valence-electron chi connectivity index (χ4n) is 6.19. The second kappa shape index (κ2) is 13.9. The van der Waals surface area contributed by atoms with Crippen LogP contribution >= 0.6 is 0 Å². The van der Waals surface area contributed by atoms with E-state index in [0.717, 1.165) is 23.2 Å². The number of aryl methyl sites for hydroxylation is 1. The van der Waals surface area contributed by atoms with E-state index >= 15 is 0 Å². The molecule has 238 valence electrons. The Bertz CT molecular complexity index is 1860. The number of anilines is 3. The van der Waals surface area contributed by atoms with Crippen molar-refractivity contribution in [3.05, 3.63) is 150 Å². The number of nitrogens with zero attached hydrogens (tertiary/aromatic N) is 5. The average molecular weight is 628 g/mol. The monoisotopic (exact) mass is 627 g/mol. The summed E-state index contributed by atoms with van der Waals surface area (Å²) in [4.78, 5) is 29.2. The largest absolute Gasteiger partial charge is 0.395 e. The van der Waals surface area contributed by atoms with E-state index in [-0.39, 0.29) is 19.1 Å². The van der Waals surface area contributed by atoms with Crippen molar-refractivity contribution in [2.75, 3.05) is 16.4 Å². The SMILES string of the molecule is C[C@H](/C=C/CCn1cc(C(CO)c2ccccc2)nn1)[C@@]1(O)C(=O)N(Cc2cccc(N(C=O)c3ccccc3)c2)c2ccccc21. The Labute approximate surface area is 274 Å². The number of carbonyl (C=O) groups is 2. The number of aliphatic hydroxyl groups is 2. The molecule has 47 heavy (non-hydrogen) atoms. The summed E-state index contributed by atoms with van der Waals surface area (Å²) in [6.07, 6.45) is 7.05. The molecule has 1 aliphatic rings. The first-order valence-corrected chi connectivity index (χ1v) is 15.7. The van der Waals surface area contributed by atoms with E-state index in [9.17, 15) is 19.8 Å². The van der Waals surface area contributed by atoms with E-state index in [2.05, 4.69) is 10.3 Å². The molecular weight excluding hydrogens is 590 g/mol. The van der Waals surface area contributed by atoms with Gasteiger partial charge in [-0.05, 0) is 47.9 Å². The minimum absolute atomic E-state index is 0.0679. The molecule has 5 aromatic rings. The van der Waals surface area contributed by atoms with Gasteiger partial charge in [0.2, 0.25) is 6.41 Å². The zero-order valence-electron chi connectivity index (χ0n) is 26.1. The van der Waals surface area contributed by atoms with Gasteiger partial charge in [0.1, 0.15) is 0 Å². The van der Waals surface area contributed by atoms with Crippen molar-refractivity contribution in [3.8, 4) is 0 Å². The van der Waals surface area contributed by atoms with E-state index in [1.807, 2.05) is 128 Å². The number of hydrogen-bond acceptors (Lipinski definition) is 6. The third kappa shape index (κ3) is 6.36. The zero-order chi connectivity index (χ0) is 32.8. The number of benzene rings is 4. The Balaban J connectivity index is 1.15. The smallest absolute Gasteiger partial charge is 0.264 e. The highest BCUT2D eigenvalue weighted by molar-refractivity contribution is 6.07. The highest BCUT2D eigenvalue weighted by atomic mass is 16.3. The van der Waals surface area contributed by atoms with Crippen LogP contribution in [0.15, 0.2) is 128 Å². The van der Waals surface area contributed by atoms with Crippen molar-refractivity contribution in [2.45, 2.75) is 38.0 Å². The van der Waals surface area contributed by atoms with E-state index in [1.54, 1.807) is 20.5 Å². The number of amides is 2. The van der Waals surface area contributed by atoms with Gasteiger partial charge < -0.3 is 15.1 Å². The van der Waals surface area contributed by atoms with Gasteiger partial charge in [-0.3, -0.25) is 19.2 Å². The summed E-state index contributed by atoms with van der Waals surface area (Å²) >= 11 is 0. The van der Waals surface area contributed by atoms with Crippen LogP contribution in [0.25, 0.3) is 0 Å². The summed E-state index contributed by atoms with van der Waals surface area (Å²) in [6, 6.07) is 33.9. The maximum absolute atomic E-state index is 14.0. The molecule has 1 aromatic heterocycles. The van der Waals surface area contributed by atoms with E-state index < -0.39 is 17.4 Å². The molecule has 4 aromatic carbocycles. The van der Waals surface area contributed by atoms with Crippen LogP contribution in [0.3, 0.4) is 0 Å². The quantitative estimate of drug-likeness (QED) is 0.128. The Morgan fingerprint density at radius 1 is 0.915 bits per heavy atom. The molecule has 2 heterocycles. The highest BCUT2D eigenvalue weighted by Gasteiger charge is 2.52. The van der Waals surface area contributed by atoms with Gasteiger partial charge in [0.25, 0.3) is 5.91 Å². The van der Waals surface area contributed by atoms with Crippen molar-refractivity contribution >= 4 is 29.4 Å². The molecule has 0 radical (unpaired) electrons. The molecule has 1 unspecified atom stereocenters. The summed E-state index contributed by atoms with van der Waals surface area (Å²) in [5.74, 6) is -1.16. The highest BCUT2D eigenvalue weighted by Crippen LogP contribution is 2.45. The van der Waals surface area contributed by atoms with Gasteiger partial charge in [-0.2, -0.15) is 0 Å². The Hall–Kier alpha value is -5.38. The third-order valence-electron chi connectivity index (χ3n) is 8.75. The molecule has 0 bridgehead atoms. The van der Waals surface area contributed by atoms with Crippen LogP contribution in [-0.2, 0) is 28.3 Å². The van der Waals surface area contributed by atoms with Crippen LogP contribution < -0.4 is 9.80 Å². The van der Waals surface area contributed by atoms with Crippen molar-refractivity contribution in [1.82, 2.24) is 15.0 Å². The molecule has 0 aliphatic carbocycles. The van der Waals surface area contributed by atoms with Crippen LogP contribution in [0, 0.1) is 5.92 Å². The number of para-hydroxylation sites is 2. The first-order valence-electron chi connectivity index (χ1n) is 15.7. The molecule has 6 rings (SSSR count). The Morgan fingerprint density at radius 3 is 2.36 bits per heavy atom. The number of aliphatic hydroxyl groups excluding tert-OH is 1. The molecule has 3 atom stereocenters. The topological polar surface area (TPSA) is 112 Å². The van der Waals surface area contributed by atoms with Crippen molar-refractivity contribution in [3.63, 3.8) is 0 Å². The molecule has 0 saturated carbocycles. The summed E-state index contributed by atoms with van der Waals surface area (Å²) in [5, 5.41) is 30.5. The van der Waals surface area contributed by atoms with Gasteiger partial charge >= 0.3 is 0 Å². The minimum Gasteiger partial charge on any atom is -0.395 e. The molecule has 0 spiro atoms. The van der Waals surface area contributed by atoms with Gasteiger partial charge in [-0.25, -0.2) is 0 Å². The predicted octanol–water partition coefficient (Wildman–Crippen LogP) is 5.71. The van der Waals surface area contributed by atoms with Crippen molar-refractivity contribution in [2.24, 2.45) is 5.92 Å². The third-order valence-corrected chi connectivity index (χ3v) is 8.75. The van der Waals surface area contributed by atoms with Crippen molar-refractivity contribution in [1.29, 1.82) is 0 Å². The maximum Gasteiger partial charge on any atom is 0.264 e. The molecular formula is C38H37N5O4. The fourth-order valence-corrected chi connectivity index (χ4v) is 6.19. The lowest BCUT2D eigenvalue weighted by Gasteiger charge is -2.28. The van der Waals surface area contributed by atoms with E-state index in [4.69, 9.17) is 0 Å². The number of fused-ring (bicyclic) bond motifs is 1. The van der Waals surface area contributed by atoms with Gasteiger partial charge in [-0.1, -0.05) is 103 Å². The predicted molar refractivity (Wildman–Crippen MR) is 181 cm³/mol. The van der Waals surface area contributed by atoms with Gasteiger partial charge in [0.15, 0.2) is 5.60 Å². The molecule has 9 heteroatoms. The average Bonchev–Trinajstić information content (AvgIpc) is 3.66. The first kappa shape index (κ1) is 31.6. The zero-order valence-corrected chi connectivity index (χ0v) is 26.1.